The zero-order valence-corrected chi connectivity index (χ0v) is 9.77. The topological polar surface area (TPSA) is 92.7 Å². The van der Waals surface area contributed by atoms with E-state index in [9.17, 15) is 14.4 Å². The van der Waals surface area contributed by atoms with Gasteiger partial charge in [-0.3, -0.25) is 4.79 Å². The Labute approximate surface area is 99.3 Å². The van der Waals surface area contributed by atoms with Crippen molar-refractivity contribution in [3.05, 3.63) is 0 Å². The predicted molar refractivity (Wildman–Crippen MR) is 58.4 cm³/mol. The Balaban J connectivity index is 2.44. The van der Waals surface area contributed by atoms with Crippen molar-refractivity contribution in [2.45, 2.75) is 32.2 Å². The summed E-state index contributed by atoms with van der Waals surface area (Å²) in [6.07, 6.45) is 0.896. The number of amides is 1. The van der Waals surface area contributed by atoms with Gasteiger partial charge < -0.3 is 20.0 Å². The van der Waals surface area contributed by atoms with E-state index < -0.39 is 12.0 Å². The molecule has 0 saturated carbocycles. The van der Waals surface area contributed by atoms with Gasteiger partial charge in [-0.1, -0.05) is 0 Å². The zero-order chi connectivity index (χ0) is 12.8. The summed E-state index contributed by atoms with van der Waals surface area (Å²) in [4.78, 5) is 33.4. The van der Waals surface area contributed by atoms with Gasteiger partial charge in [0.2, 0.25) is 5.91 Å². The maximum absolute atomic E-state index is 11.7. The van der Waals surface area contributed by atoms with E-state index in [0.29, 0.717) is 19.6 Å². The van der Waals surface area contributed by atoms with Crippen molar-refractivity contribution in [2.75, 3.05) is 13.2 Å². The third kappa shape index (κ3) is 4.52. The lowest BCUT2D eigenvalue weighted by Gasteiger charge is -2.16. The van der Waals surface area contributed by atoms with Gasteiger partial charge in [0.1, 0.15) is 11.8 Å². The molecule has 0 bridgehead atoms. The molecule has 0 aromatic heterocycles. The summed E-state index contributed by atoms with van der Waals surface area (Å²) in [6, 6.07) is -0.994. The maximum Gasteiger partial charge on any atom is 0.326 e. The minimum atomic E-state index is -1.11. The third-order valence-electron chi connectivity index (χ3n) is 2.70. The van der Waals surface area contributed by atoms with E-state index in [2.05, 4.69) is 5.32 Å². The van der Waals surface area contributed by atoms with Gasteiger partial charge in [0.05, 0.1) is 12.5 Å². The van der Waals surface area contributed by atoms with Crippen molar-refractivity contribution in [1.82, 2.24) is 5.32 Å². The molecule has 96 valence electrons. The molecule has 0 spiro atoms. The third-order valence-corrected chi connectivity index (χ3v) is 2.70. The van der Waals surface area contributed by atoms with E-state index in [1.165, 1.54) is 6.92 Å². The second kappa shape index (κ2) is 6.34. The second-order valence-electron chi connectivity index (χ2n) is 4.20. The Morgan fingerprint density at radius 3 is 2.65 bits per heavy atom. The highest BCUT2D eigenvalue weighted by Crippen LogP contribution is 2.13. The lowest BCUT2D eigenvalue weighted by Crippen LogP contribution is -2.44. The summed E-state index contributed by atoms with van der Waals surface area (Å²) in [5, 5.41) is 11.4. The highest BCUT2D eigenvalue weighted by atomic mass is 16.5. The summed E-state index contributed by atoms with van der Waals surface area (Å²) < 4.78 is 5.06. The van der Waals surface area contributed by atoms with Crippen molar-refractivity contribution in [1.29, 1.82) is 0 Å². The molecule has 0 unspecified atom stereocenters. The largest absolute Gasteiger partial charge is 0.480 e. The monoisotopic (exact) mass is 243 g/mol. The fourth-order valence-corrected chi connectivity index (χ4v) is 1.64. The number of ether oxygens (including phenoxy) is 1. The Morgan fingerprint density at radius 1 is 1.47 bits per heavy atom. The number of carbonyl (C=O) groups excluding carboxylic acids is 2. The van der Waals surface area contributed by atoms with Gasteiger partial charge in [0.15, 0.2) is 0 Å². The molecular formula is C11H17NO5. The Hall–Kier alpha value is -1.43. The Kier molecular flexibility index (Phi) is 5.09. The average Bonchev–Trinajstić information content (AvgIpc) is 2.76. The molecule has 1 rings (SSSR count). The number of hydrogen-bond acceptors (Lipinski definition) is 4. The summed E-state index contributed by atoms with van der Waals surface area (Å²) >= 11 is 0. The van der Waals surface area contributed by atoms with Crippen LogP contribution in [-0.4, -0.2) is 42.0 Å². The molecule has 1 saturated heterocycles. The summed E-state index contributed by atoms with van der Waals surface area (Å²) in [6.45, 7) is 2.26. The molecule has 0 radical (unpaired) electrons. The number of Topliss-reactive ketones (excluding diaryl/α,β-unsaturated/α-hetero) is 1. The molecule has 1 heterocycles. The quantitative estimate of drug-likeness (QED) is 0.683. The minimum Gasteiger partial charge on any atom is -0.480 e. The molecule has 0 aliphatic carbocycles. The van der Waals surface area contributed by atoms with Gasteiger partial charge in [-0.15, -0.1) is 0 Å². The van der Waals surface area contributed by atoms with Crippen LogP contribution in [0.3, 0.4) is 0 Å². The first kappa shape index (κ1) is 13.6. The summed E-state index contributed by atoms with van der Waals surface area (Å²) in [7, 11) is 0. The molecule has 1 fully saturated rings. The number of carboxylic acid groups (broad SMARTS) is 1. The lowest BCUT2D eigenvalue weighted by molar-refractivity contribution is -0.142. The second-order valence-corrected chi connectivity index (χ2v) is 4.20. The molecule has 1 aliphatic heterocycles. The molecule has 2 N–H and O–H groups in total. The van der Waals surface area contributed by atoms with Crippen LogP contribution in [0.4, 0.5) is 0 Å². The first-order valence-electron chi connectivity index (χ1n) is 5.61. The summed E-state index contributed by atoms with van der Waals surface area (Å²) in [5.74, 6) is -1.78. The SMILES string of the molecule is CC(=O)CC[C@@H](NC(=O)[C@H]1CCOC1)C(=O)O. The normalized spacial score (nSPS) is 20.9. The first-order valence-corrected chi connectivity index (χ1v) is 5.61. The van der Waals surface area contributed by atoms with Crippen LogP contribution in [0.1, 0.15) is 26.2 Å². The highest BCUT2D eigenvalue weighted by Gasteiger charge is 2.27. The molecule has 17 heavy (non-hydrogen) atoms. The van der Waals surface area contributed by atoms with Crippen molar-refractivity contribution in [3.63, 3.8) is 0 Å². The van der Waals surface area contributed by atoms with Crippen molar-refractivity contribution < 1.29 is 24.2 Å². The van der Waals surface area contributed by atoms with Crippen molar-refractivity contribution >= 4 is 17.7 Å². The Bertz CT molecular complexity index is 309. The molecule has 6 heteroatoms. The van der Waals surface area contributed by atoms with Gasteiger partial charge in [-0.25, -0.2) is 4.79 Å². The van der Waals surface area contributed by atoms with Gasteiger partial charge >= 0.3 is 5.97 Å². The van der Waals surface area contributed by atoms with Crippen LogP contribution in [-0.2, 0) is 19.1 Å². The van der Waals surface area contributed by atoms with Crippen LogP contribution in [0.5, 0.6) is 0 Å². The highest BCUT2D eigenvalue weighted by molar-refractivity contribution is 5.85. The minimum absolute atomic E-state index is 0.0882. The van der Waals surface area contributed by atoms with E-state index in [1.54, 1.807) is 0 Å². The van der Waals surface area contributed by atoms with Crippen LogP contribution < -0.4 is 5.32 Å². The molecular weight excluding hydrogens is 226 g/mol. The number of ketones is 1. The fraction of sp³-hybridized carbons (Fsp3) is 0.727. The molecule has 6 nitrogen and oxygen atoms in total. The maximum atomic E-state index is 11.7. The number of carbonyl (C=O) groups is 3. The number of nitrogens with one attached hydrogen (secondary N) is 1. The van der Waals surface area contributed by atoms with Crippen molar-refractivity contribution in [3.8, 4) is 0 Å². The number of rotatable bonds is 6. The molecule has 1 aliphatic rings. The van der Waals surface area contributed by atoms with Gasteiger partial charge in [0, 0.05) is 13.0 Å². The molecule has 2 atom stereocenters. The van der Waals surface area contributed by atoms with E-state index >= 15 is 0 Å². The average molecular weight is 243 g/mol. The summed E-state index contributed by atoms with van der Waals surface area (Å²) in [5.41, 5.74) is 0. The van der Waals surface area contributed by atoms with Crippen LogP contribution in [0.25, 0.3) is 0 Å². The number of aliphatic carboxylic acids is 1. The Morgan fingerprint density at radius 2 is 2.18 bits per heavy atom. The number of carboxylic acids is 1. The van der Waals surface area contributed by atoms with E-state index in [4.69, 9.17) is 9.84 Å². The smallest absolute Gasteiger partial charge is 0.326 e. The van der Waals surface area contributed by atoms with Gasteiger partial charge in [-0.05, 0) is 19.8 Å². The number of hydrogen-bond donors (Lipinski definition) is 2. The predicted octanol–water partition coefficient (Wildman–Crippen LogP) is -0.0385. The molecule has 0 aromatic carbocycles. The van der Waals surface area contributed by atoms with E-state index in [-0.39, 0.29) is 30.4 Å². The van der Waals surface area contributed by atoms with Crippen molar-refractivity contribution in [2.24, 2.45) is 5.92 Å². The van der Waals surface area contributed by atoms with Crippen LogP contribution >= 0.6 is 0 Å². The van der Waals surface area contributed by atoms with Crippen LogP contribution in [0, 0.1) is 5.92 Å². The lowest BCUT2D eigenvalue weighted by atomic mass is 10.1. The standard InChI is InChI=1S/C11H17NO5/c1-7(13)2-3-9(11(15)16)12-10(14)8-4-5-17-6-8/h8-9H,2-6H2,1H3,(H,12,14)(H,15,16)/t8-,9+/m0/s1. The van der Waals surface area contributed by atoms with Gasteiger partial charge in [-0.2, -0.15) is 0 Å². The molecule has 1 amide bonds. The van der Waals surface area contributed by atoms with Crippen LogP contribution in [0.15, 0.2) is 0 Å². The first-order chi connectivity index (χ1) is 8.00. The fourth-order valence-electron chi connectivity index (χ4n) is 1.64. The van der Waals surface area contributed by atoms with Gasteiger partial charge in [0.25, 0.3) is 0 Å². The van der Waals surface area contributed by atoms with E-state index in [0.717, 1.165) is 0 Å². The van der Waals surface area contributed by atoms with E-state index in [1.807, 2.05) is 0 Å². The van der Waals surface area contributed by atoms with Crippen LogP contribution in [0.2, 0.25) is 0 Å². The molecule has 0 aromatic rings. The zero-order valence-electron chi connectivity index (χ0n) is 9.77.